The van der Waals surface area contributed by atoms with Gasteiger partial charge in [-0.15, -0.1) is 0 Å². The average molecular weight is 383 g/mol. The van der Waals surface area contributed by atoms with Crippen LogP contribution in [0.4, 0.5) is 0 Å². The van der Waals surface area contributed by atoms with Crippen LogP contribution in [0.15, 0.2) is 60.7 Å². The summed E-state index contributed by atoms with van der Waals surface area (Å²) in [4.78, 5) is 36.6. The molecule has 6 heteroatoms. The Morgan fingerprint density at radius 2 is 1.32 bits per heavy atom. The first-order valence-electron chi connectivity index (χ1n) is 9.16. The lowest BCUT2D eigenvalue weighted by atomic mass is 10.1. The van der Waals surface area contributed by atoms with Crippen molar-refractivity contribution in [3.8, 4) is 0 Å². The highest BCUT2D eigenvalue weighted by molar-refractivity contribution is 5.88. The molecule has 0 aliphatic heterocycles. The van der Waals surface area contributed by atoms with E-state index in [1.165, 1.54) is 0 Å². The van der Waals surface area contributed by atoms with E-state index in [1.807, 2.05) is 60.7 Å². The number of esters is 2. The maximum atomic E-state index is 12.4. The minimum absolute atomic E-state index is 0.0623. The van der Waals surface area contributed by atoms with Crippen molar-refractivity contribution in [2.45, 2.75) is 39.5 Å². The molecule has 0 heterocycles. The van der Waals surface area contributed by atoms with Crippen LogP contribution in [0, 0.1) is 5.92 Å². The molecule has 0 bridgehead atoms. The third kappa shape index (κ3) is 7.23. The van der Waals surface area contributed by atoms with Gasteiger partial charge in [0, 0.05) is 5.92 Å². The van der Waals surface area contributed by atoms with Crippen LogP contribution in [0.1, 0.15) is 31.4 Å². The molecule has 2 rings (SSSR count). The Labute approximate surface area is 164 Å². The molecule has 0 radical (unpaired) electrons. The van der Waals surface area contributed by atoms with Crippen molar-refractivity contribution < 1.29 is 23.9 Å². The van der Waals surface area contributed by atoms with Gasteiger partial charge >= 0.3 is 11.9 Å². The van der Waals surface area contributed by atoms with Crippen molar-refractivity contribution >= 4 is 17.8 Å². The summed E-state index contributed by atoms with van der Waals surface area (Å²) in [5, 5.41) is 2.57. The van der Waals surface area contributed by atoms with Crippen LogP contribution >= 0.6 is 0 Å². The van der Waals surface area contributed by atoms with Gasteiger partial charge in [0.1, 0.15) is 19.3 Å². The molecular weight excluding hydrogens is 358 g/mol. The summed E-state index contributed by atoms with van der Waals surface area (Å²) in [5.74, 6) is -1.92. The molecule has 2 aromatic rings. The molecule has 28 heavy (non-hydrogen) atoms. The molecule has 0 aromatic heterocycles. The molecule has 1 N–H and O–H groups in total. The van der Waals surface area contributed by atoms with Crippen LogP contribution in [0.3, 0.4) is 0 Å². The summed E-state index contributed by atoms with van der Waals surface area (Å²) in [6, 6.07) is 17.3. The number of benzene rings is 2. The quantitative estimate of drug-likeness (QED) is 0.673. The lowest BCUT2D eigenvalue weighted by molar-refractivity contribution is -0.155. The summed E-state index contributed by atoms with van der Waals surface area (Å²) in [6.07, 6.45) is -0.293. The van der Waals surface area contributed by atoms with Gasteiger partial charge in [-0.25, -0.2) is 4.79 Å². The summed E-state index contributed by atoms with van der Waals surface area (Å²) in [6.45, 7) is 3.57. The number of carbonyl (C=O) groups excluding carboxylic acids is 3. The molecule has 6 nitrogen and oxygen atoms in total. The van der Waals surface area contributed by atoms with Gasteiger partial charge in [-0.2, -0.15) is 0 Å². The fraction of sp³-hybridized carbons (Fsp3) is 0.318. The largest absolute Gasteiger partial charge is 0.461 e. The Morgan fingerprint density at radius 1 is 0.821 bits per heavy atom. The predicted molar refractivity (Wildman–Crippen MR) is 104 cm³/mol. The maximum Gasteiger partial charge on any atom is 0.329 e. The normalized spacial score (nSPS) is 11.5. The van der Waals surface area contributed by atoms with Gasteiger partial charge in [-0.1, -0.05) is 74.5 Å². The molecule has 0 saturated carbocycles. The van der Waals surface area contributed by atoms with Gasteiger partial charge < -0.3 is 14.8 Å². The maximum absolute atomic E-state index is 12.4. The molecule has 0 spiro atoms. The van der Waals surface area contributed by atoms with Crippen LogP contribution < -0.4 is 5.32 Å². The second kappa shape index (κ2) is 10.9. The van der Waals surface area contributed by atoms with E-state index >= 15 is 0 Å². The number of hydrogen-bond acceptors (Lipinski definition) is 5. The molecule has 0 aliphatic carbocycles. The standard InChI is InChI=1S/C22H25NO5/c1-16(2)21(25)23-19(22(26)28-15-18-11-7-4-8-12-18)13-20(24)27-14-17-9-5-3-6-10-17/h3-12,16,19H,13-15H2,1-2H3,(H,23,25). The minimum atomic E-state index is -1.10. The number of ether oxygens (including phenoxy) is 2. The molecular formula is C22H25NO5. The first-order chi connectivity index (χ1) is 13.5. The minimum Gasteiger partial charge on any atom is -0.461 e. The summed E-state index contributed by atoms with van der Waals surface area (Å²) in [7, 11) is 0. The highest BCUT2D eigenvalue weighted by Gasteiger charge is 2.27. The molecule has 1 amide bonds. The smallest absolute Gasteiger partial charge is 0.329 e. The van der Waals surface area contributed by atoms with E-state index in [0.717, 1.165) is 11.1 Å². The van der Waals surface area contributed by atoms with Gasteiger partial charge in [0.05, 0.1) is 6.42 Å². The number of hydrogen-bond donors (Lipinski definition) is 1. The number of nitrogens with one attached hydrogen (secondary N) is 1. The Bertz CT molecular complexity index is 774. The lowest BCUT2D eigenvalue weighted by Gasteiger charge is -2.18. The highest BCUT2D eigenvalue weighted by Crippen LogP contribution is 2.07. The Balaban J connectivity index is 1.94. The Kier molecular flexibility index (Phi) is 8.21. The highest BCUT2D eigenvalue weighted by atomic mass is 16.5. The van der Waals surface area contributed by atoms with E-state index in [4.69, 9.17) is 9.47 Å². The van der Waals surface area contributed by atoms with E-state index < -0.39 is 18.0 Å². The van der Waals surface area contributed by atoms with Gasteiger partial charge in [0.15, 0.2) is 0 Å². The number of amides is 1. The van der Waals surface area contributed by atoms with E-state index in [9.17, 15) is 14.4 Å². The topological polar surface area (TPSA) is 81.7 Å². The monoisotopic (exact) mass is 383 g/mol. The molecule has 0 saturated heterocycles. The first-order valence-corrected chi connectivity index (χ1v) is 9.16. The zero-order valence-corrected chi connectivity index (χ0v) is 16.1. The summed E-state index contributed by atoms with van der Waals surface area (Å²) in [5.41, 5.74) is 1.65. The number of carbonyl (C=O) groups is 3. The van der Waals surface area contributed by atoms with Crippen LogP contribution in [-0.4, -0.2) is 23.9 Å². The van der Waals surface area contributed by atoms with Crippen LogP contribution in [-0.2, 0) is 37.1 Å². The third-order valence-electron chi connectivity index (χ3n) is 3.96. The van der Waals surface area contributed by atoms with E-state index in [-0.39, 0.29) is 31.5 Å². The van der Waals surface area contributed by atoms with Gasteiger partial charge in [-0.3, -0.25) is 9.59 Å². The second-order valence-electron chi connectivity index (χ2n) is 6.66. The lowest BCUT2D eigenvalue weighted by Crippen LogP contribution is -2.45. The van der Waals surface area contributed by atoms with Crippen molar-refractivity contribution in [1.82, 2.24) is 5.32 Å². The Hall–Kier alpha value is -3.15. The molecule has 1 atom stereocenters. The van der Waals surface area contributed by atoms with Gasteiger partial charge in [0.2, 0.25) is 5.91 Å². The predicted octanol–water partition coefficient (Wildman–Crippen LogP) is 3.00. The summed E-state index contributed by atoms with van der Waals surface area (Å²) >= 11 is 0. The van der Waals surface area contributed by atoms with Crippen LogP contribution in [0.2, 0.25) is 0 Å². The second-order valence-corrected chi connectivity index (χ2v) is 6.66. The van der Waals surface area contributed by atoms with Crippen molar-refractivity contribution in [3.05, 3.63) is 71.8 Å². The van der Waals surface area contributed by atoms with Crippen molar-refractivity contribution in [2.24, 2.45) is 5.92 Å². The number of rotatable bonds is 9. The van der Waals surface area contributed by atoms with Crippen molar-refractivity contribution in [1.29, 1.82) is 0 Å². The van der Waals surface area contributed by atoms with Gasteiger partial charge in [-0.05, 0) is 11.1 Å². The van der Waals surface area contributed by atoms with Crippen LogP contribution in [0.25, 0.3) is 0 Å². The Morgan fingerprint density at radius 3 is 1.82 bits per heavy atom. The molecule has 1 unspecified atom stereocenters. The van der Waals surface area contributed by atoms with Gasteiger partial charge in [0.25, 0.3) is 0 Å². The van der Waals surface area contributed by atoms with E-state index in [2.05, 4.69) is 5.32 Å². The van der Waals surface area contributed by atoms with Crippen molar-refractivity contribution in [2.75, 3.05) is 0 Å². The third-order valence-corrected chi connectivity index (χ3v) is 3.96. The zero-order chi connectivity index (χ0) is 20.4. The first kappa shape index (κ1) is 21.2. The van der Waals surface area contributed by atoms with E-state index in [1.54, 1.807) is 13.8 Å². The van der Waals surface area contributed by atoms with E-state index in [0.29, 0.717) is 0 Å². The van der Waals surface area contributed by atoms with Crippen molar-refractivity contribution in [3.63, 3.8) is 0 Å². The molecule has 0 fully saturated rings. The fourth-order valence-electron chi connectivity index (χ4n) is 2.32. The SMILES string of the molecule is CC(C)C(=O)NC(CC(=O)OCc1ccccc1)C(=O)OCc1ccccc1. The molecule has 2 aromatic carbocycles. The zero-order valence-electron chi connectivity index (χ0n) is 16.1. The fourth-order valence-corrected chi connectivity index (χ4v) is 2.32. The van der Waals surface area contributed by atoms with Crippen LogP contribution in [0.5, 0.6) is 0 Å². The molecule has 0 aliphatic rings. The average Bonchev–Trinajstić information content (AvgIpc) is 2.71. The molecule has 148 valence electrons. The summed E-state index contributed by atoms with van der Waals surface area (Å²) < 4.78 is 10.5.